The number of likely N-dealkylation sites (tertiary alicyclic amines) is 1. The van der Waals surface area contributed by atoms with Crippen molar-refractivity contribution in [3.63, 3.8) is 0 Å². The highest BCUT2D eigenvalue weighted by Crippen LogP contribution is 2.28. The molecule has 26 heavy (non-hydrogen) atoms. The van der Waals surface area contributed by atoms with Crippen molar-refractivity contribution >= 4 is 28.2 Å². The normalized spacial score (nSPS) is 21.6. The van der Waals surface area contributed by atoms with E-state index >= 15 is 0 Å². The van der Waals surface area contributed by atoms with E-state index in [2.05, 4.69) is 0 Å². The van der Waals surface area contributed by atoms with Gasteiger partial charge >= 0.3 is 0 Å². The van der Waals surface area contributed by atoms with Gasteiger partial charge in [0.25, 0.3) is 0 Å². The van der Waals surface area contributed by atoms with Crippen LogP contribution in [0.25, 0.3) is 0 Å². The maximum absolute atomic E-state index is 13.5. The van der Waals surface area contributed by atoms with Crippen LogP contribution in [0.4, 0.5) is 4.39 Å². The topological polar surface area (TPSA) is 104 Å². The molecule has 0 radical (unpaired) electrons. The van der Waals surface area contributed by atoms with Gasteiger partial charge in [-0.15, -0.1) is 12.4 Å². The molecule has 0 saturated carbocycles. The minimum absolute atomic E-state index is 0. The van der Waals surface area contributed by atoms with Crippen LogP contribution >= 0.6 is 12.4 Å². The molecule has 1 amide bonds. The molecule has 1 aromatic rings. The van der Waals surface area contributed by atoms with E-state index in [-0.39, 0.29) is 31.1 Å². The van der Waals surface area contributed by atoms with Crippen molar-refractivity contribution < 1.29 is 17.6 Å². The van der Waals surface area contributed by atoms with Crippen LogP contribution in [-0.4, -0.2) is 48.8 Å². The average Bonchev–Trinajstić information content (AvgIpc) is 2.94. The highest BCUT2D eigenvalue weighted by atomic mass is 35.5. The Morgan fingerprint density at radius 2 is 2.00 bits per heavy atom. The van der Waals surface area contributed by atoms with Crippen molar-refractivity contribution in [1.29, 1.82) is 5.26 Å². The van der Waals surface area contributed by atoms with Crippen LogP contribution in [0.1, 0.15) is 25.8 Å². The van der Waals surface area contributed by atoms with Crippen LogP contribution in [0.3, 0.4) is 0 Å². The second kappa shape index (κ2) is 8.33. The molecule has 1 fully saturated rings. The zero-order chi connectivity index (χ0) is 18.8. The van der Waals surface area contributed by atoms with E-state index in [0.717, 1.165) is 4.90 Å². The fourth-order valence-electron chi connectivity index (χ4n) is 2.80. The maximum Gasteiger partial charge on any atom is 0.242 e. The molecule has 0 bridgehead atoms. The number of halogens is 2. The molecule has 3 unspecified atom stereocenters. The van der Waals surface area contributed by atoms with Crippen molar-refractivity contribution in [1.82, 2.24) is 4.90 Å². The number of nitrogens with zero attached hydrogens (tertiary/aromatic N) is 2. The second-order valence-electron chi connectivity index (χ2n) is 6.79. The van der Waals surface area contributed by atoms with E-state index in [9.17, 15) is 17.6 Å². The van der Waals surface area contributed by atoms with Crippen LogP contribution < -0.4 is 5.73 Å². The SMILES string of the molecule is CC(C)(C(N)C(=O)N1CC(F)CC1C#N)S(=O)(=O)Cc1ccccc1.Cl. The fraction of sp³-hybridized carbons (Fsp3) is 0.529. The molecule has 1 heterocycles. The van der Waals surface area contributed by atoms with Gasteiger partial charge in [0.15, 0.2) is 9.84 Å². The third-order valence-corrected chi connectivity index (χ3v) is 7.27. The van der Waals surface area contributed by atoms with E-state index in [1.54, 1.807) is 30.3 Å². The molecular formula is C17H23ClFN3O3S. The molecule has 6 nitrogen and oxygen atoms in total. The monoisotopic (exact) mass is 403 g/mol. The van der Waals surface area contributed by atoms with Gasteiger partial charge in [0, 0.05) is 6.42 Å². The molecule has 2 rings (SSSR count). The van der Waals surface area contributed by atoms with Crippen LogP contribution in [0.15, 0.2) is 30.3 Å². The van der Waals surface area contributed by atoms with Gasteiger partial charge in [0.05, 0.1) is 23.1 Å². The van der Waals surface area contributed by atoms with Gasteiger partial charge in [-0.3, -0.25) is 4.79 Å². The van der Waals surface area contributed by atoms with Gasteiger partial charge in [-0.05, 0) is 19.4 Å². The molecule has 2 N–H and O–H groups in total. The fourth-order valence-corrected chi connectivity index (χ4v) is 4.29. The lowest BCUT2D eigenvalue weighted by Gasteiger charge is -2.33. The summed E-state index contributed by atoms with van der Waals surface area (Å²) in [7, 11) is -3.77. The van der Waals surface area contributed by atoms with Gasteiger partial charge < -0.3 is 10.6 Å². The first kappa shape index (κ1) is 22.4. The van der Waals surface area contributed by atoms with E-state index in [0.29, 0.717) is 5.56 Å². The minimum Gasteiger partial charge on any atom is -0.322 e. The lowest BCUT2D eigenvalue weighted by Crippen LogP contribution is -2.59. The van der Waals surface area contributed by atoms with Gasteiger partial charge in [-0.25, -0.2) is 12.8 Å². The zero-order valence-electron chi connectivity index (χ0n) is 14.6. The minimum atomic E-state index is -3.77. The Hall–Kier alpha value is -1.69. The van der Waals surface area contributed by atoms with Crippen molar-refractivity contribution in [3.05, 3.63) is 35.9 Å². The molecular weight excluding hydrogens is 381 g/mol. The highest BCUT2D eigenvalue weighted by molar-refractivity contribution is 7.92. The quantitative estimate of drug-likeness (QED) is 0.803. The predicted octanol–water partition coefficient (Wildman–Crippen LogP) is 1.59. The van der Waals surface area contributed by atoms with Crippen molar-refractivity contribution in [3.8, 4) is 6.07 Å². The van der Waals surface area contributed by atoms with Crippen molar-refractivity contribution in [2.24, 2.45) is 5.73 Å². The summed E-state index contributed by atoms with van der Waals surface area (Å²) in [6, 6.07) is 8.16. The number of benzene rings is 1. The van der Waals surface area contributed by atoms with Crippen LogP contribution in [0, 0.1) is 11.3 Å². The molecule has 3 atom stereocenters. The molecule has 144 valence electrons. The third kappa shape index (κ3) is 4.34. The Morgan fingerprint density at radius 1 is 1.42 bits per heavy atom. The van der Waals surface area contributed by atoms with E-state index < -0.39 is 38.7 Å². The van der Waals surface area contributed by atoms with Gasteiger partial charge in [0.1, 0.15) is 18.3 Å². The molecule has 1 aliphatic rings. The number of nitrogens with two attached hydrogens (primary N) is 1. The summed E-state index contributed by atoms with van der Waals surface area (Å²) in [5.74, 6) is -0.969. The van der Waals surface area contributed by atoms with E-state index in [1.165, 1.54) is 13.8 Å². The first-order valence-corrected chi connectivity index (χ1v) is 9.61. The average molecular weight is 404 g/mol. The summed E-state index contributed by atoms with van der Waals surface area (Å²) in [5, 5.41) is 9.07. The number of hydrogen-bond donors (Lipinski definition) is 1. The molecule has 0 aromatic heterocycles. The van der Waals surface area contributed by atoms with Gasteiger partial charge in [-0.1, -0.05) is 30.3 Å². The van der Waals surface area contributed by atoms with E-state index in [4.69, 9.17) is 11.0 Å². The highest BCUT2D eigenvalue weighted by Gasteiger charge is 2.47. The first-order valence-electron chi connectivity index (χ1n) is 7.96. The number of hydrogen-bond acceptors (Lipinski definition) is 5. The zero-order valence-corrected chi connectivity index (χ0v) is 16.3. The smallest absolute Gasteiger partial charge is 0.242 e. The summed E-state index contributed by atoms with van der Waals surface area (Å²) < 4.78 is 37.6. The summed E-state index contributed by atoms with van der Waals surface area (Å²) >= 11 is 0. The number of amides is 1. The van der Waals surface area contributed by atoms with Gasteiger partial charge in [0.2, 0.25) is 5.91 Å². The predicted molar refractivity (Wildman–Crippen MR) is 99.0 cm³/mol. The van der Waals surface area contributed by atoms with Crippen molar-refractivity contribution in [2.75, 3.05) is 6.54 Å². The number of carbonyl (C=O) groups is 1. The summed E-state index contributed by atoms with van der Waals surface area (Å²) in [5.41, 5.74) is 6.57. The lowest BCUT2D eigenvalue weighted by atomic mass is 10.0. The Balaban J connectivity index is 0.00000338. The summed E-state index contributed by atoms with van der Waals surface area (Å²) in [6.07, 6.45) is -1.38. The second-order valence-corrected chi connectivity index (χ2v) is 9.36. The Morgan fingerprint density at radius 3 is 2.54 bits per heavy atom. The number of rotatable bonds is 5. The number of sulfone groups is 1. The number of carbonyl (C=O) groups excluding carboxylic acids is 1. The van der Waals surface area contributed by atoms with Crippen LogP contribution in [-0.2, 0) is 20.4 Å². The standard InChI is InChI=1S/C17H22FN3O3S.ClH/c1-17(2,25(23,24)11-12-6-4-3-5-7-12)15(20)16(22)21-10-13(18)8-14(21)9-19;/h3-7,13-15H,8,10-11,20H2,1-2H3;1H. The van der Waals surface area contributed by atoms with Crippen molar-refractivity contribution in [2.45, 2.75) is 49.0 Å². The summed E-state index contributed by atoms with van der Waals surface area (Å²) in [6.45, 7) is 2.54. The third-order valence-electron chi connectivity index (χ3n) is 4.70. The van der Waals surface area contributed by atoms with E-state index in [1.807, 2.05) is 6.07 Å². The maximum atomic E-state index is 13.5. The number of alkyl halides is 1. The Labute approximate surface area is 159 Å². The molecule has 1 aromatic carbocycles. The Kier molecular flexibility index (Phi) is 7.17. The molecule has 0 aliphatic carbocycles. The van der Waals surface area contributed by atoms with Gasteiger partial charge in [-0.2, -0.15) is 5.26 Å². The van der Waals surface area contributed by atoms with Crippen LogP contribution in [0.5, 0.6) is 0 Å². The molecule has 0 spiro atoms. The first-order chi connectivity index (χ1) is 11.6. The Bertz CT molecular complexity index is 780. The number of nitriles is 1. The lowest BCUT2D eigenvalue weighted by molar-refractivity contribution is -0.133. The van der Waals surface area contributed by atoms with Crippen LogP contribution in [0.2, 0.25) is 0 Å². The summed E-state index contributed by atoms with van der Waals surface area (Å²) in [4.78, 5) is 13.7. The molecule has 1 aliphatic heterocycles. The largest absolute Gasteiger partial charge is 0.322 e. The molecule has 1 saturated heterocycles. The molecule has 9 heteroatoms.